The first-order valence-corrected chi connectivity index (χ1v) is 11.9. The Bertz CT molecular complexity index is 818. The van der Waals surface area contributed by atoms with Crippen LogP contribution in [0.1, 0.15) is 38.7 Å². The Kier molecular flexibility index (Phi) is 11.0. The highest BCUT2D eigenvalue weighted by molar-refractivity contribution is 6.32. The normalized spacial score (nSPS) is 15.8. The molecule has 0 aliphatic carbocycles. The van der Waals surface area contributed by atoms with Gasteiger partial charge in [0.15, 0.2) is 0 Å². The molecule has 0 saturated carbocycles. The van der Waals surface area contributed by atoms with E-state index in [0.717, 1.165) is 26.1 Å². The van der Waals surface area contributed by atoms with E-state index in [2.05, 4.69) is 22.6 Å². The van der Waals surface area contributed by atoms with Crippen molar-refractivity contribution in [3.63, 3.8) is 0 Å². The zero-order chi connectivity index (χ0) is 24.4. The second kappa shape index (κ2) is 13.4. The van der Waals surface area contributed by atoms with Crippen LogP contribution in [0.3, 0.4) is 0 Å². The fraction of sp³-hybridized carbons (Fsp3) is 0.583. The number of ether oxygens (including phenoxy) is 1. The molecule has 1 fully saturated rings. The van der Waals surface area contributed by atoms with Crippen LogP contribution in [-0.2, 0) is 9.59 Å². The Balaban J connectivity index is 2.11. The smallest absolute Gasteiger partial charge is 0.241 e. The third-order valence-corrected chi connectivity index (χ3v) is 5.91. The number of carbonyl (C=O) groups is 2. The van der Waals surface area contributed by atoms with Gasteiger partial charge in [-0.1, -0.05) is 23.7 Å². The molecule has 0 radical (unpaired) electrons. The van der Waals surface area contributed by atoms with E-state index in [1.165, 1.54) is 17.7 Å². The number of methoxy groups -OCH3 is 1. The first kappa shape index (κ1) is 27.0. The monoisotopic (exact) mass is 479 g/mol. The van der Waals surface area contributed by atoms with Gasteiger partial charge in [0, 0.05) is 11.6 Å². The molecule has 184 valence electrons. The van der Waals surface area contributed by atoms with Crippen molar-refractivity contribution in [2.45, 2.75) is 39.2 Å². The Morgan fingerprint density at radius 3 is 2.61 bits per heavy atom. The molecule has 0 bridgehead atoms. The number of nitrogens with two attached hydrogens (primary N) is 1. The van der Waals surface area contributed by atoms with Gasteiger partial charge in [-0.3, -0.25) is 14.5 Å². The number of piperidine rings is 1. The Hall–Kier alpha value is -2.29. The minimum atomic E-state index is -0.289. The lowest BCUT2D eigenvalue weighted by atomic mass is 9.94. The molecule has 1 aromatic carbocycles. The molecule has 0 spiro atoms. The second-order valence-electron chi connectivity index (χ2n) is 8.84. The molecule has 2 rings (SSSR count). The van der Waals surface area contributed by atoms with Crippen molar-refractivity contribution in [1.82, 2.24) is 20.4 Å². The van der Waals surface area contributed by atoms with Crippen LogP contribution >= 0.6 is 11.6 Å². The molecule has 33 heavy (non-hydrogen) atoms. The highest BCUT2D eigenvalue weighted by Gasteiger charge is 2.25. The van der Waals surface area contributed by atoms with Gasteiger partial charge in [-0.2, -0.15) is 0 Å². The quantitative estimate of drug-likeness (QED) is 0.332. The van der Waals surface area contributed by atoms with Crippen LogP contribution in [0.25, 0.3) is 5.70 Å². The van der Waals surface area contributed by atoms with Crippen molar-refractivity contribution in [1.29, 1.82) is 0 Å². The molecular formula is C24H38ClN5O3. The topological polar surface area (TPSA) is 99.9 Å². The van der Waals surface area contributed by atoms with E-state index in [4.69, 9.17) is 22.1 Å². The number of benzene rings is 1. The number of amides is 2. The van der Waals surface area contributed by atoms with Gasteiger partial charge in [-0.05, 0) is 77.8 Å². The fourth-order valence-electron chi connectivity index (χ4n) is 3.94. The fourth-order valence-corrected chi connectivity index (χ4v) is 4.15. The van der Waals surface area contributed by atoms with Crippen LogP contribution in [0.4, 0.5) is 0 Å². The summed E-state index contributed by atoms with van der Waals surface area (Å²) in [4.78, 5) is 29.5. The van der Waals surface area contributed by atoms with Crippen LogP contribution in [0.5, 0.6) is 5.75 Å². The van der Waals surface area contributed by atoms with E-state index in [9.17, 15) is 9.59 Å². The van der Waals surface area contributed by atoms with Gasteiger partial charge >= 0.3 is 0 Å². The lowest BCUT2D eigenvalue weighted by Gasteiger charge is -2.29. The molecule has 0 atom stereocenters. The van der Waals surface area contributed by atoms with Crippen molar-refractivity contribution in [2.75, 3.05) is 46.9 Å². The summed E-state index contributed by atoms with van der Waals surface area (Å²) in [5.41, 5.74) is 6.88. The van der Waals surface area contributed by atoms with Gasteiger partial charge in [0.05, 0.1) is 19.4 Å². The van der Waals surface area contributed by atoms with Gasteiger partial charge in [0.1, 0.15) is 17.5 Å². The van der Waals surface area contributed by atoms with E-state index in [1.807, 2.05) is 13.8 Å². The summed E-state index contributed by atoms with van der Waals surface area (Å²) in [7, 11) is 3.70. The highest BCUT2D eigenvalue weighted by Crippen LogP contribution is 2.26. The van der Waals surface area contributed by atoms with Crippen molar-refractivity contribution in [3.05, 3.63) is 35.0 Å². The number of rotatable bonds is 11. The molecule has 9 heteroatoms. The van der Waals surface area contributed by atoms with Crippen LogP contribution in [0.15, 0.2) is 29.4 Å². The first-order chi connectivity index (χ1) is 15.7. The summed E-state index contributed by atoms with van der Waals surface area (Å²) < 4.78 is 5.30. The van der Waals surface area contributed by atoms with E-state index >= 15 is 0 Å². The maximum Gasteiger partial charge on any atom is 0.241 e. The first-order valence-electron chi connectivity index (χ1n) is 11.5. The minimum Gasteiger partial charge on any atom is -0.497 e. The summed E-state index contributed by atoms with van der Waals surface area (Å²) in [5.74, 6) is 0.697. The van der Waals surface area contributed by atoms with Gasteiger partial charge in [0.2, 0.25) is 11.8 Å². The van der Waals surface area contributed by atoms with Crippen molar-refractivity contribution in [2.24, 2.45) is 11.7 Å². The molecule has 1 aromatic rings. The summed E-state index contributed by atoms with van der Waals surface area (Å²) in [5, 5.41) is 5.99. The Morgan fingerprint density at radius 2 is 2.00 bits per heavy atom. The summed E-state index contributed by atoms with van der Waals surface area (Å²) in [6, 6.07) is 7.03. The average Bonchev–Trinajstić information content (AvgIpc) is 2.76. The van der Waals surface area contributed by atoms with Crippen molar-refractivity contribution < 1.29 is 14.3 Å². The van der Waals surface area contributed by atoms with Crippen LogP contribution in [0.2, 0.25) is 0 Å². The maximum atomic E-state index is 13.2. The van der Waals surface area contributed by atoms with Crippen LogP contribution in [-0.4, -0.2) is 74.5 Å². The molecule has 1 saturated heterocycles. The average molecular weight is 480 g/mol. The second-order valence-corrected chi connectivity index (χ2v) is 9.25. The number of nitrogens with one attached hydrogen (secondary N) is 2. The molecule has 1 aliphatic rings. The minimum absolute atomic E-state index is 0.0558. The number of hydrogen-bond donors (Lipinski definition) is 3. The molecule has 0 aromatic heterocycles. The number of halogens is 1. The van der Waals surface area contributed by atoms with E-state index in [-0.39, 0.29) is 41.8 Å². The molecule has 0 unspecified atom stereocenters. The van der Waals surface area contributed by atoms with E-state index in [1.54, 1.807) is 31.4 Å². The summed E-state index contributed by atoms with van der Waals surface area (Å²) >= 11 is 6.24. The summed E-state index contributed by atoms with van der Waals surface area (Å²) in [6.45, 7) is 6.60. The Labute approximate surface area is 202 Å². The lowest BCUT2D eigenvalue weighted by molar-refractivity contribution is -0.132. The largest absolute Gasteiger partial charge is 0.497 e. The van der Waals surface area contributed by atoms with E-state index < -0.39 is 0 Å². The van der Waals surface area contributed by atoms with Gasteiger partial charge < -0.3 is 26.0 Å². The molecule has 1 heterocycles. The number of nitrogens with zero attached hydrogens (tertiary/aromatic N) is 2. The SMILES string of the molecule is COc1cccc(/C(=C(/N)Cl)N(CC(=O)NC(C)C)C(=O)CNCCC2CCN(C)CC2)c1. The van der Waals surface area contributed by atoms with Gasteiger partial charge in [-0.25, -0.2) is 0 Å². The van der Waals surface area contributed by atoms with Crippen molar-refractivity contribution >= 4 is 29.1 Å². The Morgan fingerprint density at radius 1 is 1.30 bits per heavy atom. The lowest BCUT2D eigenvalue weighted by Crippen LogP contribution is -2.45. The molecule has 1 aliphatic heterocycles. The number of likely N-dealkylation sites (tertiary alicyclic amines) is 1. The molecular weight excluding hydrogens is 442 g/mol. The molecule has 8 nitrogen and oxygen atoms in total. The highest BCUT2D eigenvalue weighted by atomic mass is 35.5. The summed E-state index contributed by atoms with van der Waals surface area (Å²) in [6.07, 6.45) is 3.38. The third-order valence-electron chi connectivity index (χ3n) is 5.74. The standard InChI is InChI=1S/C24H38ClN5O3/c1-17(2)28-21(31)16-30(23(24(25)26)19-6-5-7-20(14-19)33-4)22(32)15-27-11-8-18-9-12-29(3)13-10-18/h5-7,14,17-18,27H,8-13,15-16,26H2,1-4H3,(H,28,31)/b24-23-. The zero-order valence-electron chi connectivity index (χ0n) is 20.2. The van der Waals surface area contributed by atoms with Gasteiger partial charge in [-0.15, -0.1) is 0 Å². The predicted octanol–water partition coefficient (Wildman–Crippen LogP) is 2.19. The van der Waals surface area contributed by atoms with Crippen molar-refractivity contribution in [3.8, 4) is 5.75 Å². The third kappa shape index (κ3) is 8.87. The molecule has 2 amide bonds. The maximum absolute atomic E-state index is 13.2. The number of hydrogen-bond acceptors (Lipinski definition) is 6. The zero-order valence-corrected chi connectivity index (χ0v) is 21.0. The van der Waals surface area contributed by atoms with Crippen LogP contribution in [0, 0.1) is 5.92 Å². The van der Waals surface area contributed by atoms with Crippen LogP contribution < -0.4 is 21.1 Å². The predicted molar refractivity (Wildman–Crippen MR) is 133 cm³/mol. The van der Waals surface area contributed by atoms with Gasteiger partial charge in [0.25, 0.3) is 0 Å². The number of carbonyl (C=O) groups excluding carboxylic acids is 2. The van der Waals surface area contributed by atoms with E-state index in [0.29, 0.717) is 17.2 Å². The molecule has 4 N–H and O–H groups in total.